The summed E-state index contributed by atoms with van der Waals surface area (Å²) in [6.45, 7) is 1.50. The van der Waals surface area contributed by atoms with Crippen LogP contribution in [0.25, 0.3) is 11.1 Å². The number of carbonyl (C=O) groups excluding carboxylic acids is 2. The minimum Gasteiger partial charge on any atom is -0.442 e. The number of ether oxygens (including phenoxy) is 1. The summed E-state index contributed by atoms with van der Waals surface area (Å²) in [7, 11) is 0. The van der Waals surface area contributed by atoms with Gasteiger partial charge < -0.3 is 20.8 Å². The molecule has 3 saturated heterocycles. The van der Waals surface area contributed by atoms with Crippen molar-refractivity contribution in [2.75, 3.05) is 37.6 Å². The summed E-state index contributed by atoms with van der Waals surface area (Å²) in [5.74, 6) is 4.27. The Balaban J connectivity index is 1.11. The topological polar surface area (TPSA) is 149 Å². The first-order chi connectivity index (χ1) is 19.8. The average molecular weight is 563 g/mol. The van der Waals surface area contributed by atoms with Gasteiger partial charge >= 0.3 is 6.09 Å². The van der Waals surface area contributed by atoms with Crippen LogP contribution >= 0.6 is 0 Å². The normalized spacial score (nSPS) is 30.7. The van der Waals surface area contributed by atoms with E-state index in [4.69, 9.17) is 10.6 Å². The maximum atomic E-state index is 15.2. The van der Waals surface area contributed by atoms with E-state index in [1.807, 2.05) is 0 Å². The molecular formula is C28H28F2N8O3. The molecule has 1 aromatic heterocycles. The van der Waals surface area contributed by atoms with E-state index in [-0.39, 0.29) is 43.8 Å². The van der Waals surface area contributed by atoms with Crippen LogP contribution in [-0.2, 0) is 14.9 Å². The molecule has 4 fully saturated rings. The van der Waals surface area contributed by atoms with E-state index >= 15 is 4.39 Å². The van der Waals surface area contributed by atoms with E-state index in [1.54, 1.807) is 29.2 Å². The minimum absolute atomic E-state index is 0.0445. The Bertz CT molecular complexity index is 1450. The second kappa shape index (κ2) is 10.5. The highest BCUT2D eigenvalue weighted by Crippen LogP contribution is 2.62. The number of halogens is 2. The maximum absolute atomic E-state index is 15.2. The van der Waals surface area contributed by atoms with Crippen LogP contribution in [0.15, 0.2) is 46.6 Å². The molecule has 0 bridgehead atoms. The third kappa shape index (κ3) is 4.67. The van der Waals surface area contributed by atoms with E-state index in [0.29, 0.717) is 35.6 Å². The van der Waals surface area contributed by atoms with E-state index in [0.717, 1.165) is 0 Å². The molecule has 11 nitrogen and oxygen atoms in total. The van der Waals surface area contributed by atoms with E-state index in [1.165, 1.54) is 29.6 Å². The summed E-state index contributed by atoms with van der Waals surface area (Å²) in [5, 5.41) is 16.3. The molecule has 4 heterocycles. The second-order valence-electron chi connectivity index (χ2n) is 10.8. The number of likely N-dealkylation sites (tertiary alicyclic amines) is 1. The molecule has 13 heteroatoms. The van der Waals surface area contributed by atoms with Gasteiger partial charge in [-0.3, -0.25) is 19.7 Å². The number of hydrogen-bond acceptors (Lipinski definition) is 9. The molecule has 3 N–H and O–H groups in total. The fourth-order valence-corrected chi connectivity index (χ4v) is 6.31. The number of nitrogens with two attached hydrogens (primary N) is 1. The van der Waals surface area contributed by atoms with Crippen LogP contribution in [0.3, 0.4) is 0 Å². The number of rotatable bonds is 7. The molecule has 4 aliphatic rings. The summed E-state index contributed by atoms with van der Waals surface area (Å²) in [5.41, 5.74) is 0.990. The predicted molar refractivity (Wildman–Crippen MR) is 145 cm³/mol. The average Bonchev–Trinajstić information content (AvgIpc) is 3.42. The molecule has 2 amide bonds. The van der Waals surface area contributed by atoms with Gasteiger partial charge in [-0.15, -0.1) is 0 Å². The summed E-state index contributed by atoms with van der Waals surface area (Å²) in [4.78, 5) is 36.8. The zero-order valence-corrected chi connectivity index (χ0v) is 22.0. The number of nitrogens with one attached hydrogen (secondary N) is 1. The van der Waals surface area contributed by atoms with Crippen molar-refractivity contribution >= 4 is 30.1 Å². The number of benzene rings is 1. The molecule has 0 radical (unpaired) electrons. The largest absolute Gasteiger partial charge is 0.442 e. The predicted octanol–water partition coefficient (Wildman–Crippen LogP) is 1.78. The first-order valence-electron chi connectivity index (χ1n) is 13.4. The number of nitriles is 1. The number of carbonyl (C=O) groups is 2. The molecule has 1 unspecified atom stereocenters. The zero-order chi connectivity index (χ0) is 28.7. The van der Waals surface area contributed by atoms with Crippen LogP contribution in [-0.4, -0.2) is 85.4 Å². The molecule has 6 rings (SSSR count). The Hall–Kier alpha value is -4.44. The number of alkyl halides is 1. The van der Waals surface area contributed by atoms with Crippen molar-refractivity contribution in [2.24, 2.45) is 27.8 Å². The number of anilines is 1. The first kappa shape index (κ1) is 26.8. The van der Waals surface area contributed by atoms with Gasteiger partial charge in [0.2, 0.25) is 5.91 Å². The van der Waals surface area contributed by atoms with Crippen LogP contribution in [0, 0.1) is 29.0 Å². The Morgan fingerprint density at radius 3 is 2.71 bits per heavy atom. The second-order valence-corrected chi connectivity index (χ2v) is 10.8. The van der Waals surface area contributed by atoms with Crippen LogP contribution < -0.4 is 16.1 Å². The fraction of sp³-hybridized carbons (Fsp3) is 0.429. The Labute approximate surface area is 234 Å². The number of cyclic esters (lactones) is 1. The summed E-state index contributed by atoms with van der Waals surface area (Å²) in [6, 6.07) is 9.86. The van der Waals surface area contributed by atoms with Crippen molar-refractivity contribution < 1.29 is 23.1 Å². The third-order valence-corrected chi connectivity index (χ3v) is 8.46. The molecule has 41 heavy (non-hydrogen) atoms. The SMILES string of the molecule is N#CC1(c2ccc(-c3ccc(N4C[C@H](CN=CC=NN)OC4=O)cc3F)cn2)[C@@H]2CN(C(=O)[C@@H]3C[C@H](F)CN3)C[C@@H]21. The van der Waals surface area contributed by atoms with Crippen molar-refractivity contribution in [3.63, 3.8) is 0 Å². The van der Waals surface area contributed by atoms with Crippen molar-refractivity contribution in [3.05, 3.63) is 48.0 Å². The van der Waals surface area contributed by atoms with Gasteiger partial charge in [0.25, 0.3) is 0 Å². The lowest BCUT2D eigenvalue weighted by Crippen LogP contribution is -2.44. The highest BCUT2D eigenvalue weighted by atomic mass is 19.1. The number of fused-ring (bicyclic) bond motifs is 1. The van der Waals surface area contributed by atoms with E-state index in [2.05, 4.69) is 26.5 Å². The van der Waals surface area contributed by atoms with Gasteiger partial charge in [-0.1, -0.05) is 6.07 Å². The van der Waals surface area contributed by atoms with Gasteiger partial charge in [0, 0.05) is 61.4 Å². The number of nitrogens with zero attached hydrogens (tertiary/aromatic N) is 6. The fourth-order valence-electron chi connectivity index (χ4n) is 6.31. The van der Waals surface area contributed by atoms with Crippen LogP contribution in [0.1, 0.15) is 12.1 Å². The number of amides is 2. The standard InChI is InChI=1S/C28H28F2N8O3/c29-17-7-24(34-10-17)26(39)37-13-21-22(14-37)28(21,15-31)25-4-1-16(9-35-25)20-3-2-18(8-23(20)30)38-12-19(41-27(38)40)11-33-5-6-36-32/h1-6,8-9,17,19,21-22,24,34H,7,10-14,32H2/t17-,19-,21-,22+,24-,28?/m0/s1. The lowest BCUT2D eigenvalue weighted by molar-refractivity contribution is -0.132. The highest BCUT2D eigenvalue weighted by molar-refractivity contribution is 6.15. The smallest absolute Gasteiger partial charge is 0.414 e. The van der Waals surface area contributed by atoms with Gasteiger partial charge in [-0.05, 0) is 24.3 Å². The maximum Gasteiger partial charge on any atom is 0.414 e. The van der Waals surface area contributed by atoms with Gasteiger partial charge in [-0.25, -0.2) is 13.6 Å². The Morgan fingerprint density at radius 1 is 1.27 bits per heavy atom. The van der Waals surface area contributed by atoms with Crippen molar-refractivity contribution in [3.8, 4) is 17.2 Å². The van der Waals surface area contributed by atoms with Crippen molar-refractivity contribution in [1.82, 2.24) is 15.2 Å². The van der Waals surface area contributed by atoms with Crippen molar-refractivity contribution in [1.29, 1.82) is 5.26 Å². The van der Waals surface area contributed by atoms with Crippen molar-refractivity contribution in [2.45, 2.75) is 30.2 Å². The van der Waals surface area contributed by atoms with Crippen LogP contribution in [0.2, 0.25) is 0 Å². The molecule has 1 saturated carbocycles. The van der Waals surface area contributed by atoms with Gasteiger partial charge in [0.15, 0.2) is 0 Å². The molecule has 1 aromatic carbocycles. The molecule has 0 spiro atoms. The molecular weight excluding hydrogens is 534 g/mol. The monoisotopic (exact) mass is 562 g/mol. The van der Waals surface area contributed by atoms with Crippen LogP contribution in [0.5, 0.6) is 0 Å². The van der Waals surface area contributed by atoms with Gasteiger partial charge in [0.1, 0.15) is 23.5 Å². The zero-order valence-electron chi connectivity index (χ0n) is 22.0. The number of aromatic nitrogens is 1. The third-order valence-electron chi connectivity index (χ3n) is 8.46. The minimum atomic E-state index is -1.01. The summed E-state index contributed by atoms with van der Waals surface area (Å²) < 4.78 is 34.0. The van der Waals surface area contributed by atoms with Gasteiger partial charge in [-0.2, -0.15) is 10.4 Å². The number of hydrazone groups is 1. The van der Waals surface area contributed by atoms with E-state index < -0.39 is 35.6 Å². The lowest BCUT2D eigenvalue weighted by Gasteiger charge is -2.25. The number of hydrogen-bond donors (Lipinski definition) is 2. The Kier molecular flexibility index (Phi) is 6.86. The number of pyridine rings is 1. The molecule has 3 aliphatic heterocycles. The summed E-state index contributed by atoms with van der Waals surface area (Å²) in [6.07, 6.45) is 2.36. The molecule has 2 aromatic rings. The summed E-state index contributed by atoms with van der Waals surface area (Å²) >= 11 is 0. The number of aliphatic imine (C=N–C) groups is 1. The van der Waals surface area contributed by atoms with Crippen LogP contribution in [0.4, 0.5) is 19.3 Å². The van der Waals surface area contributed by atoms with E-state index in [9.17, 15) is 19.2 Å². The Morgan fingerprint density at radius 2 is 2.07 bits per heavy atom. The molecule has 212 valence electrons. The molecule has 6 atom stereocenters. The lowest BCUT2D eigenvalue weighted by atomic mass is 9.95. The first-order valence-corrected chi connectivity index (χ1v) is 13.4. The van der Waals surface area contributed by atoms with Gasteiger partial charge in [0.05, 0.1) is 42.8 Å². The highest BCUT2D eigenvalue weighted by Gasteiger charge is 2.71. The number of piperidine rings is 1. The molecule has 1 aliphatic carbocycles. The quantitative estimate of drug-likeness (QED) is 0.297.